The molecule has 19 heavy (non-hydrogen) atoms. The highest BCUT2D eigenvalue weighted by Crippen LogP contribution is 2.12. The van der Waals surface area contributed by atoms with Crippen LogP contribution in [0.3, 0.4) is 0 Å². The van der Waals surface area contributed by atoms with Crippen molar-refractivity contribution in [2.75, 3.05) is 13.1 Å². The molecule has 1 N–H and O–H groups in total. The number of benzene rings is 1. The molecule has 1 heterocycles. The largest absolute Gasteiger partial charge is 0.341 e. The molecule has 0 saturated carbocycles. The van der Waals surface area contributed by atoms with E-state index < -0.39 is 6.04 Å². The number of likely N-dealkylation sites (tertiary alicyclic amines) is 1. The van der Waals surface area contributed by atoms with Crippen LogP contribution in [0.1, 0.15) is 30.1 Å². The Kier molecular flexibility index (Phi) is 4.58. The molecule has 4 nitrogen and oxygen atoms in total. The fraction of sp³-hybridized carbons (Fsp3) is 0.429. The topological polar surface area (TPSA) is 49.4 Å². The molecular formula is C14H17BrN2O2. The molecule has 0 spiro atoms. The number of halogens is 1. The monoisotopic (exact) mass is 324 g/mol. The Morgan fingerprint density at radius 2 is 1.79 bits per heavy atom. The fourth-order valence-corrected chi connectivity index (χ4v) is 2.42. The van der Waals surface area contributed by atoms with Crippen LogP contribution < -0.4 is 5.32 Å². The predicted molar refractivity (Wildman–Crippen MR) is 76.9 cm³/mol. The van der Waals surface area contributed by atoms with Gasteiger partial charge in [0.15, 0.2) is 0 Å². The second-order valence-electron chi connectivity index (χ2n) is 4.73. The highest BCUT2D eigenvalue weighted by molar-refractivity contribution is 9.10. The maximum atomic E-state index is 12.1. The number of nitrogens with zero attached hydrogens (tertiary/aromatic N) is 1. The molecule has 2 amide bonds. The van der Waals surface area contributed by atoms with Gasteiger partial charge in [-0.3, -0.25) is 9.59 Å². The lowest BCUT2D eigenvalue weighted by Crippen LogP contribution is -2.45. The van der Waals surface area contributed by atoms with Gasteiger partial charge in [0.2, 0.25) is 5.91 Å². The molecule has 102 valence electrons. The molecule has 5 heteroatoms. The van der Waals surface area contributed by atoms with E-state index in [0.29, 0.717) is 5.56 Å². The van der Waals surface area contributed by atoms with E-state index >= 15 is 0 Å². The molecular weight excluding hydrogens is 308 g/mol. The third-order valence-electron chi connectivity index (χ3n) is 3.24. The highest BCUT2D eigenvalue weighted by atomic mass is 79.9. The van der Waals surface area contributed by atoms with Gasteiger partial charge in [0.05, 0.1) is 0 Å². The Morgan fingerprint density at radius 1 is 1.21 bits per heavy atom. The minimum absolute atomic E-state index is 0.00274. The summed E-state index contributed by atoms with van der Waals surface area (Å²) in [7, 11) is 0. The van der Waals surface area contributed by atoms with Crippen molar-refractivity contribution in [3.8, 4) is 0 Å². The smallest absolute Gasteiger partial charge is 0.251 e. The second kappa shape index (κ2) is 6.19. The summed E-state index contributed by atoms with van der Waals surface area (Å²) in [5.74, 6) is -0.212. The van der Waals surface area contributed by atoms with E-state index in [1.54, 1.807) is 19.1 Å². The number of carbonyl (C=O) groups excluding carboxylic acids is 2. The zero-order chi connectivity index (χ0) is 13.8. The molecule has 0 unspecified atom stereocenters. The van der Waals surface area contributed by atoms with Crippen molar-refractivity contribution in [1.29, 1.82) is 0 Å². The number of hydrogen-bond acceptors (Lipinski definition) is 2. The van der Waals surface area contributed by atoms with Gasteiger partial charge in [0.1, 0.15) is 6.04 Å². The lowest BCUT2D eigenvalue weighted by molar-refractivity contribution is -0.131. The lowest BCUT2D eigenvalue weighted by Gasteiger charge is -2.21. The van der Waals surface area contributed by atoms with Gasteiger partial charge in [-0.25, -0.2) is 0 Å². The van der Waals surface area contributed by atoms with E-state index in [9.17, 15) is 9.59 Å². The van der Waals surface area contributed by atoms with Crippen molar-refractivity contribution in [3.05, 3.63) is 34.3 Å². The summed E-state index contributed by atoms with van der Waals surface area (Å²) in [6, 6.07) is 6.59. The van der Waals surface area contributed by atoms with Crippen molar-refractivity contribution >= 4 is 27.7 Å². The molecule has 1 atom stereocenters. The maximum Gasteiger partial charge on any atom is 0.251 e. The quantitative estimate of drug-likeness (QED) is 0.926. The van der Waals surface area contributed by atoms with E-state index in [0.717, 1.165) is 30.4 Å². The van der Waals surface area contributed by atoms with Crippen LogP contribution in [0.5, 0.6) is 0 Å². The van der Waals surface area contributed by atoms with Gasteiger partial charge in [-0.1, -0.05) is 15.9 Å². The predicted octanol–water partition coefficient (Wildman–Crippen LogP) is 2.19. The summed E-state index contributed by atoms with van der Waals surface area (Å²) in [5, 5.41) is 2.75. The molecule has 0 radical (unpaired) electrons. The third-order valence-corrected chi connectivity index (χ3v) is 3.77. The van der Waals surface area contributed by atoms with Crippen molar-refractivity contribution in [2.24, 2.45) is 0 Å². The van der Waals surface area contributed by atoms with Crippen molar-refractivity contribution < 1.29 is 9.59 Å². The Labute approximate surface area is 121 Å². The summed E-state index contributed by atoms with van der Waals surface area (Å²) >= 11 is 3.32. The van der Waals surface area contributed by atoms with Crippen molar-refractivity contribution in [2.45, 2.75) is 25.8 Å². The zero-order valence-corrected chi connectivity index (χ0v) is 12.4. The summed E-state index contributed by atoms with van der Waals surface area (Å²) in [4.78, 5) is 25.9. The standard InChI is InChI=1S/C14H17BrN2O2/c1-10(14(19)17-8-2-3-9-17)16-13(18)11-4-6-12(15)7-5-11/h4-7,10H,2-3,8-9H2,1H3,(H,16,18)/t10-/m1/s1. The fourth-order valence-electron chi connectivity index (χ4n) is 2.15. The molecule has 1 aromatic carbocycles. The van der Waals surface area contributed by atoms with Crippen LogP contribution in [-0.2, 0) is 4.79 Å². The van der Waals surface area contributed by atoms with Gasteiger partial charge < -0.3 is 10.2 Å². The third kappa shape index (κ3) is 3.56. The summed E-state index contributed by atoms with van der Waals surface area (Å²) in [5.41, 5.74) is 0.560. The van der Waals surface area contributed by atoms with Crippen LogP contribution in [0.15, 0.2) is 28.7 Å². The van der Waals surface area contributed by atoms with Crippen LogP contribution >= 0.6 is 15.9 Å². The summed E-state index contributed by atoms with van der Waals surface area (Å²) < 4.78 is 0.922. The second-order valence-corrected chi connectivity index (χ2v) is 5.65. The van der Waals surface area contributed by atoms with E-state index in [-0.39, 0.29) is 11.8 Å². The number of amides is 2. The van der Waals surface area contributed by atoms with Crippen LogP contribution in [0.2, 0.25) is 0 Å². The molecule has 1 aromatic rings. The Bertz CT molecular complexity index is 467. The molecule has 1 fully saturated rings. The van der Waals surface area contributed by atoms with Gasteiger partial charge in [0.25, 0.3) is 5.91 Å². The Balaban J connectivity index is 1.94. The molecule has 1 saturated heterocycles. The summed E-state index contributed by atoms with van der Waals surface area (Å²) in [6.07, 6.45) is 2.11. The van der Waals surface area contributed by atoms with Gasteiger partial charge in [-0.05, 0) is 44.0 Å². The molecule has 0 aromatic heterocycles. The minimum Gasteiger partial charge on any atom is -0.341 e. The first-order valence-electron chi connectivity index (χ1n) is 6.43. The molecule has 1 aliphatic rings. The first-order valence-corrected chi connectivity index (χ1v) is 7.22. The van der Waals surface area contributed by atoms with Crippen LogP contribution in [-0.4, -0.2) is 35.8 Å². The molecule has 0 aliphatic carbocycles. The van der Waals surface area contributed by atoms with E-state index in [4.69, 9.17) is 0 Å². The average molecular weight is 325 g/mol. The summed E-state index contributed by atoms with van der Waals surface area (Å²) in [6.45, 7) is 3.34. The van der Waals surface area contributed by atoms with Gasteiger partial charge in [0, 0.05) is 23.1 Å². The molecule has 1 aliphatic heterocycles. The van der Waals surface area contributed by atoms with Gasteiger partial charge in [-0.2, -0.15) is 0 Å². The van der Waals surface area contributed by atoms with Crippen LogP contribution in [0.4, 0.5) is 0 Å². The first kappa shape index (κ1) is 14.1. The lowest BCUT2D eigenvalue weighted by atomic mass is 10.2. The van der Waals surface area contributed by atoms with Gasteiger partial charge >= 0.3 is 0 Å². The number of nitrogens with one attached hydrogen (secondary N) is 1. The first-order chi connectivity index (χ1) is 9.08. The SMILES string of the molecule is C[C@@H](NC(=O)c1ccc(Br)cc1)C(=O)N1CCCC1. The minimum atomic E-state index is -0.478. The van der Waals surface area contributed by atoms with Crippen LogP contribution in [0.25, 0.3) is 0 Å². The number of carbonyl (C=O) groups is 2. The maximum absolute atomic E-state index is 12.1. The normalized spacial score (nSPS) is 16.2. The highest BCUT2D eigenvalue weighted by Gasteiger charge is 2.24. The Hall–Kier alpha value is -1.36. The Morgan fingerprint density at radius 3 is 2.37 bits per heavy atom. The van der Waals surface area contributed by atoms with E-state index in [2.05, 4.69) is 21.2 Å². The van der Waals surface area contributed by atoms with E-state index in [1.165, 1.54) is 0 Å². The van der Waals surface area contributed by atoms with E-state index in [1.807, 2.05) is 17.0 Å². The van der Waals surface area contributed by atoms with Crippen LogP contribution in [0, 0.1) is 0 Å². The zero-order valence-electron chi connectivity index (χ0n) is 10.9. The number of rotatable bonds is 3. The molecule has 0 bridgehead atoms. The van der Waals surface area contributed by atoms with Crippen molar-refractivity contribution in [3.63, 3.8) is 0 Å². The average Bonchev–Trinajstić information content (AvgIpc) is 2.92. The molecule has 2 rings (SSSR count). The van der Waals surface area contributed by atoms with Crippen molar-refractivity contribution in [1.82, 2.24) is 10.2 Å². The van der Waals surface area contributed by atoms with Gasteiger partial charge in [-0.15, -0.1) is 0 Å². The number of hydrogen-bond donors (Lipinski definition) is 1.